The maximum absolute atomic E-state index is 12.5. The van der Waals surface area contributed by atoms with Crippen molar-refractivity contribution in [2.75, 3.05) is 20.2 Å². The normalized spacial score (nSPS) is 26.9. The molecule has 1 aromatic heterocycles. The Morgan fingerprint density at radius 3 is 2.68 bits per heavy atom. The number of likely N-dealkylation sites (tertiary alicyclic amines) is 1. The fraction of sp³-hybridized carbons (Fsp3) is 0.750. The number of piperidine rings is 1. The van der Waals surface area contributed by atoms with Crippen molar-refractivity contribution in [1.82, 2.24) is 19.8 Å². The first kappa shape index (κ1) is 15.3. The average Bonchev–Trinajstić information content (AvgIpc) is 3.10. The van der Waals surface area contributed by atoms with Gasteiger partial charge in [-0.2, -0.15) is 0 Å². The molecule has 2 heterocycles. The second kappa shape index (κ2) is 7.13. The van der Waals surface area contributed by atoms with Crippen molar-refractivity contribution in [2.24, 2.45) is 0 Å². The molecule has 2 fully saturated rings. The zero-order valence-corrected chi connectivity index (χ0v) is 13.3. The third kappa shape index (κ3) is 3.43. The number of amides is 2. The molecule has 1 saturated heterocycles. The molecule has 1 saturated carbocycles. The van der Waals surface area contributed by atoms with Crippen molar-refractivity contribution < 1.29 is 9.53 Å². The molecule has 0 unspecified atom stereocenters. The number of aromatic nitrogens is 2. The summed E-state index contributed by atoms with van der Waals surface area (Å²) in [5, 5.41) is 3.18. The number of hydrogen-bond donors (Lipinski definition) is 1. The fourth-order valence-corrected chi connectivity index (χ4v) is 3.65. The number of methoxy groups -OCH3 is 1. The smallest absolute Gasteiger partial charge is 0.317 e. The number of rotatable bonds is 3. The van der Waals surface area contributed by atoms with E-state index in [-0.39, 0.29) is 18.2 Å². The third-order valence-electron chi connectivity index (χ3n) is 5.01. The number of carbonyl (C=O) groups is 1. The lowest BCUT2D eigenvalue weighted by Crippen LogP contribution is -2.52. The van der Waals surface area contributed by atoms with Gasteiger partial charge in [-0.1, -0.05) is 12.8 Å². The van der Waals surface area contributed by atoms with Gasteiger partial charge in [0.15, 0.2) is 0 Å². The van der Waals surface area contributed by atoms with Crippen molar-refractivity contribution in [3.05, 3.63) is 18.7 Å². The first-order valence-corrected chi connectivity index (χ1v) is 8.33. The summed E-state index contributed by atoms with van der Waals surface area (Å²) < 4.78 is 7.66. The molecule has 6 nitrogen and oxygen atoms in total. The Morgan fingerprint density at radius 1 is 1.23 bits per heavy atom. The summed E-state index contributed by atoms with van der Waals surface area (Å²) in [5.41, 5.74) is 0. The Morgan fingerprint density at radius 2 is 2.00 bits per heavy atom. The molecule has 1 aromatic rings. The minimum Gasteiger partial charge on any atom is -0.379 e. The zero-order valence-electron chi connectivity index (χ0n) is 13.3. The van der Waals surface area contributed by atoms with Crippen LogP contribution in [0.25, 0.3) is 0 Å². The van der Waals surface area contributed by atoms with Gasteiger partial charge in [-0.05, 0) is 25.7 Å². The third-order valence-corrected chi connectivity index (χ3v) is 5.01. The number of nitrogens with zero attached hydrogens (tertiary/aromatic N) is 3. The largest absolute Gasteiger partial charge is 0.379 e. The molecule has 2 amide bonds. The molecule has 0 radical (unpaired) electrons. The Hall–Kier alpha value is -1.56. The molecule has 6 heteroatoms. The number of urea groups is 1. The summed E-state index contributed by atoms with van der Waals surface area (Å²) in [6, 6.07) is 0.698. The molecule has 2 atom stereocenters. The van der Waals surface area contributed by atoms with Gasteiger partial charge in [-0.15, -0.1) is 0 Å². The van der Waals surface area contributed by atoms with Gasteiger partial charge < -0.3 is 19.5 Å². The Labute approximate surface area is 131 Å². The zero-order chi connectivity index (χ0) is 15.4. The lowest BCUT2D eigenvalue weighted by molar-refractivity contribution is 0.0424. The summed E-state index contributed by atoms with van der Waals surface area (Å²) >= 11 is 0. The highest BCUT2D eigenvalue weighted by Gasteiger charge is 2.29. The van der Waals surface area contributed by atoms with Crippen LogP contribution in [-0.2, 0) is 4.74 Å². The van der Waals surface area contributed by atoms with E-state index in [9.17, 15) is 4.79 Å². The second-order valence-corrected chi connectivity index (χ2v) is 6.34. The molecular weight excluding hydrogens is 280 g/mol. The van der Waals surface area contributed by atoms with Gasteiger partial charge in [0.1, 0.15) is 0 Å². The van der Waals surface area contributed by atoms with Crippen molar-refractivity contribution in [1.29, 1.82) is 0 Å². The van der Waals surface area contributed by atoms with Gasteiger partial charge >= 0.3 is 6.03 Å². The monoisotopic (exact) mass is 306 g/mol. The van der Waals surface area contributed by atoms with Crippen molar-refractivity contribution in [3.63, 3.8) is 0 Å². The fourth-order valence-electron chi connectivity index (χ4n) is 3.65. The molecule has 3 rings (SSSR count). The van der Waals surface area contributed by atoms with E-state index in [4.69, 9.17) is 4.74 Å². The molecule has 1 aliphatic carbocycles. The number of nitrogens with one attached hydrogen (secondary N) is 1. The highest BCUT2D eigenvalue weighted by atomic mass is 16.5. The van der Waals surface area contributed by atoms with Crippen LogP contribution in [-0.4, -0.2) is 52.8 Å². The first-order chi connectivity index (χ1) is 10.8. The van der Waals surface area contributed by atoms with Crippen LogP contribution in [0.1, 0.15) is 44.6 Å². The molecule has 1 aliphatic heterocycles. The quantitative estimate of drug-likeness (QED) is 0.931. The molecule has 0 bridgehead atoms. The molecular formula is C16H26N4O2. The molecule has 2 aliphatic rings. The van der Waals surface area contributed by atoms with E-state index < -0.39 is 0 Å². The first-order valence-electron chi connectivity index (χ1n) is 8.33. The number of hydrogen-bond acceptors (Lipinski definition) is 3. The van der Waals surface area contributed by atoms with E-state index in [0.29, 0.717) is 6.04 Å². The summed E-state index contributed by atoms with van der Waals surface area (Å²) in [4.78, 5) is 18.5. The van der Waals surface area contributed by atoms with Crippen LogP contribution in [0.2, 0.25) is 0 Å². The number of ether oxygens (including phenoxy) is 1. The van der Waals surface area contributed by atoms with E-state index in [1.807, 2.05) is 23.6 Å². The molecule has 0 aromatic carbocycles. The van der Waals surface area contributed by atoms with Gasteiger partial charge in [-0.25, -0.2) is 9.78 Å². The van der Waals surface area contributed by atoms with Crippen LogP contribution < -0.4 is 5.32 Å². The predicted octanol–water partition coefficient (Wildman–Crippen LogP) is 2.19. The topological polar surface area (TPSA) is 59.4 Å². The van der Waals surface area contributed by atoms with Gasteiger partial charge in [0.05, 0.1) is 18.5 Å². The van der Waals surface area contributed by atoms with E-state index in [1.165, 1.54) is 12.8 Å². The second-order valence-electron chi connectivity index (χ2n) is 6.34. The SMILES string of the molecule is CO[C@H]1CCCC[C@@H]1NC(=O)N1CCC(n2ccnc2)CC1. The van der Waals surface area contributed by atoms with Gasteiger partial charge in [0, 0.05) is 38.6 Å². The maximum Gasteiger partial charge on any atom is 0.317 e. The molecule has 22 heavy (non-hydrogen) atoms. The Kier molecular flexibility index (Phi) is 4.97. The average molecular weight is 306 g/mol. The van der Waals surface area contributed by atoms with Gasteiger partial charge in [-0.3, -0.25) is 0 Å². The highest BCUT2D eigenvalue weighted by Crippen LogP contribution is 2.24. The van der Waals surface area contributed by atoms with Gasteiger partial charge in [0.2, 0.25) is 0 Å². The maximum atomic E-state index is 12.5. The predicted molar refractivity (Wildman–Crippen MR) is 83.7 cm³/mol. The number of carbonyl (C=O) groups excluding carboxylic acids is 1. The number of imidazole rings is 1. The summed E-state index contributed by atoms with van der Waals surface area (Å²) in [5.74, 6) is 0. The van der Waals surface area contributed by atoms with Crippen LogP contribution in [0, 0.1) is 0 Å². The minimum absolute atomic E-state index is 0.0676. The van der Waals surface area contributed by atoms with E-state index in [1.54, 1.807) is 7.11 Å². The molecule has 0 spiro atoms. The van der Waals surface area contributed by atoms with E-state index in [2.05, 4.69) is 14.9 Å². The Bertz CT molecular complexity index is 469. The van der Waals surface area contributed by atoms with Crippen LogP contribution in [0.5, 0.6) is 0 Å². The van der Waals surface area contributed by atoms with Crippen LogP contribution in [0.15, 0.2) is 18.7 Å². The lowest BCUT2D eigenvalue weighted by Gasteiger charge is -2.36. The molecule has 122 valence electrons. The highest BCUT2D eigenvalue weighted by molar-refractivity contribution is 5.74. The van der Waals surface area contributed by atoms with Crippen LogP contribution >= 0.6 is 0 Å². The van der Waals surface area contributed by atoms with Gasteiger partial charge in [0.25, 0.3) is 0 Å². The standard InChI is InChI=1S/C16H26N4O2/c1-22-15-5-3-2-4-14(15)18-16(21)19-9-6-13(7-10-19)20-11-8-17-12-20/h8,11-15H,2-7,9-10H2,1H3,(H,18,21)/t14-,15-/m0/s1. The minimum atomic E-state index is 0.0676. The molecule has 1 N–H and O–H groups in total. The van der Waals surface area contributed by atoms with E-state index >= 15 is 0 Å². The van der Waals surface area contributed by atoms with Crippen molar-refractivity contribution >= 4 is 6.03 Å². The van der Waals surface area contributed by atoms with Crippen molar-refractivity contribution in [2.45, 2.75) is 56.7 Å². The summed E-state index contributed by atoms with van der Waals surface area (Å²) in [6.07, 6.45) is 12.3. The van der Waals surface area contributed by atoms with Crippen LogP contribution in [0.4, 0.5) is 4.79 Å². The Balaban J connectivity index is 1.49. The van der Waals surface area contributed by atoms with Crippen LogP contribution in [0.3, 0.4) is 0 Å². The summed E-state index contributed by atoms with van der Waals surface area (Å²) in [7, 11) is 1.74. The van der Waals surface area contributed by atoms with Crippen molar-refractivity contribution in [3.8, 4) is 0 Å². The summed E-state index contributed by atoms with van der Waals surface area (Å²) in [6.45, 7) is 1.61. The van der Waals surface area contributed by atoms with E-state index in [0.717, 1.165) is 38.8 Å². The lowest BCUT2D eigenvalue weighted by atomic mass is 9.92.